The number of hydrogen-bond acceptors (Lipinski definition) is 0. The van der Waals surface area contributed by atoms with Crippen LogP contribution in [0.1, 0.15) is 0 Å². The average Bonchev–Trinajstić information content (AvgIpc) is 3.13. The molecule has 0 heterocycles. The van der Waals surface area contributed by atoms with E-state index in [0.717, 1.165) is 0 Å². The first-order valence-corrected chi connectivity index (χ1v) is 16.0. The summed E-state index contributed by atoms with van der Waals surface area (Å²) in [6, 6.07) is 63.0. The van der Waals surface area contributed by atoms with Crippen LogP contribution in [0.5, 0.6) is 0 Å². The number of rotatable bonds is 2. The van der Waals surface area contributed by atoms with Crippen molar-refractivity contribution in [1.82, 2.24) is 0 Å². The van der Waals surface area contributed by atoms with Crippen molar-refractivity contribution in [2.24, 2.45) is 0 Å². The first-order chi connectivity index (χ1) is 22.8. The van der Waals surface area contributed by atoms with Crippen molar-refractivity contribution in [3.63, 3.8) is 0 Å². The fourth-order valence-electron chi connectivity index (χ4n) is 7.63. The van der Waals surface area contributed by atoms with Crippen LogP contribution >= 0.6 is 0 Å². The van der Waals surface area contributed by atoms with Gasteiger partial charge in [-0.1, -0.05) is 146 Å². The van der Waals surface area contributed by atoms with E-state index in [1.165, 1.54) is 97.7 Å². The highest BCUT2D eigenvalue weighted by Gasteiger charge is 2.10. The quantitative estimate of drug-likeness (QED) is 0.178. The van der Waals surface area contributed by atoms with Gasteiger partial charge in [0.1, 0.15) is 0 Å². The largest absolute Gasteiger partial charge is 0.0616 e. The summed E-state index contributed by atoms with van der Waals surface area (Å²) in [5.74, 6) is 0. The molecule has 0 aliphatic carbocycles. The van der Waals surface area contributed by atoms with E-state index < -0.39 is 0 Å². The fraction of sp³-hybridized carbons (Fsp3) is 0. The summed E-state index contributed by atoms with van der Waals surface area (Å²) in [4.78, 5) is 0. The van der Waals surface area contributed by atoms with Gasteiger partial charge in [-0.05, 0) is 122 Å². The molecule has 0 aromatic heterocycles. The highest BCUT2D eigenvalue weighted by Crippen LogP contribution is 2.37. The second-order valence-electron chi connectivity index (χ2n) is 12.5. The minimum Gasteiger partial charge on any atom is -0.0616 e. The Morgan fingerprint density at radius 3 is 1.13 bits per heavy atom. The monoisotopic (exact) mass is 580 g/mol. The van der Waals surface area contributed by atoms with Gasteiger partial charge in [-0.3, -0.25) is 0 Å². The molecular formula is C46H28. The summed E-state index contributed by atoms with van der Waals surface area (Å²) < 4.78 is 0. The second-order valence-corrected chi connectivity index (χ2v) is 12.5. The lowest BCUT2D eigenvalue weighted by atomic mass is 9.92. The SMILES string of the molecule is c1ccc2c(c1)ccc1ccc3cc(-c4ccc5cc(-c6ccc7ccc8ccc9ccccc9c8c7c6)ccc5c4)ccc3c12. The molecule has 0 heteroatoms. The molecule has 10 rings (SSSR count). The van der Waals surface area contributed by atoms with Gasteiger partial charge in [0.2, 0.25) is 0 Å². The minimum atomic E-state index is 1.24. The molecule has 46 heavy (non-hydrogen) atoms. The van der Waals surface area contributed by atoms with Crippen LogP contribution in [0.15, 0.2) is 170 Å². The summed E-state index contributed by atoms with van der Waals surface area (Å²) in [5, 5.41) is 18.1. The highest BCUT2D eigenvalue weighted by atomic mass is 14.1. The predicted octanol–water partition coefficient (Wildman–Crippen LogP) is 13.1. The summed E-state index contributed by atoms with van der Waals surface area (Å²) in [6.45, 7) is 0. The van der Waals surface area contributed by atoms with E-state index in [0.29, 0.717) is 0 Å². The number of benzene rings is 10. The Labute approximate surface area is 266 Å². The van der Waals surface area contributed by atoms with Gasteiger partial charge in [-0.25, -0.2) is 0 Å². The molecule has 0 spiro atoms. The molecule has 0 amide bonds. The zero-order valence-electron chi connectivity index (χ0n) is 25.2. The van der Waals surface area contributed by atoms with Gasteiger partial charge in [0, 0.05) is 0 Å². The Balaban J connectivity index is 1.06. The predicted molar refractivity (Wildman–Crippen MR) is 200 cm³/mol. The van der Waals surface area contributed by atoms with E-state index in [1.54, 1.807) is 0 Å². The molecule has 0 saturated carbocycles. The zero-order chi connectivity index (χ0) is 30.2. The Kier molecular flexibility index (Phi) is 5.38. The summed E-state index contributed by atoms with van der Waals surface area (Å²) in [5.41, 5.74) is 4.97. The van der Waals surface area contributed by atoms with Crippen molar-refractivity contribution in [2.75, 3.05) is 0 Å². The Bertz CT molecular complexity index is 2850. The zero-order valence-corrected chi connectivity index (χ0v) is 25.2. The lowest BCUT2D eigenvalue weighted by molar-refractivity contribution is 1.66. The molecule has 0 saturated heterocycles. The lowest BCUT2D eigenvalue weighted by Crippen LogP contribution is -1.85. The Hall–Kier alpha value is -5.98. The maximum absolute atomic E-state index is 2.38. The molecule has 10 aromatic rings. The molecule has 0 N–H and O–H groups in total. The van der Waals surface area contributed by atoms with Crippen LogP contribution in [0.2, 0.25) is 0 Å². The third-order valence-corrected chi connectivity index (χ3v) is 9.96. The van der Waals surface area contributed by atoms with Crippen LogP contribution in [-0.2, 0) is 0 Å². The van der Waals surface area contributed by atoms with Crippen LogP contribution in [0.4, 0.5) is 0 Å². The lowest BCUT2D eigenvalue weighted by Gasteiger charge is -2.12. The summed E-state index contributed by atoms with van der Waals surface area (Å²) in [7, 11) is 0. The van der Waals surface area contributed by atoms with Crippen LogP contribution in [-0.4, -0.2) is 0 Å². The third-order valence-electron chi connectivity index (χ3n) is 9.96. The smallest absolute Gasteiger partial charge is 0.00266 e. The Morgan fingerprint density at radius 1 is 0.196 bits per heavy atom. The number of fused-ring (bicyclic) bond motifs is 11. The normalized spacial score (nSPS) is 11.9. The van der Waals surface area contributed by atoms with Gasteiger partial charge in [0.25, 0.3) is 0 Å². The van der Waals surface area contributed by atoms with E-state index in [2.05, 4.69) is 170 Å². The molecule has 0 nitrogen and oxygen atoms in total. The first-order valence-electron chi connectivity index (χ1n) is 16.0. The molecule has 0 aliphatic heterocycles. The molecule has 0 radical (unpaired) electrons. The molecule has 0 unspecified atom stereocenters. The van der Waals surface area contributed by atoms with Gasteiger partial charge in [-0.2, -0.15) is 0 Å². The van der Waals surface area contributed by atoms with Gasteiger partial charge in [-0.15, -0.1) is 0 Å². The Morgan fingerprint density at radius 2 is 0.543 bits per heavy atom. The molecule has 0 atom stereocenters. The van der Waals surface area contributed by atoms with Crippen molar-refractivity contribution in [3.05, 3.63) is 170 Å². The molecule has 0 bridgehead atoms. The van der Waals surface area contributed by atoms with Crippen LogP contribution in [0.3, 0.4) is 0 Å². The maximum atomic E-state index is 2.38. The van der Waals surface area contributed by atoms with Gasteiger partial charge in [0.15, 0.2) is 0 Å². The highest BCUT2D eigenvalue weighted by molar-refractivity contribution is 6.21. The van der Waals surface area contributed by atoms with Crippen molar-refractivity contribution >= 4 is 75.4 Å². The van der Waals surface area contributed by atoms with E-state index in [-0.39, 0.29) is 0 Å². The maximum Gasteiger partial charge on any atom is -0.00266 e. The van der Waals surface area contributed by atoms with E-state index >= 15 is 0 Å². The number of hydrogen-bond donors (Lipinski definition) is 0. The molecule has 10 aromatic carbocycles. The summed E-state index contributed by atoms with van der Waals surface area (Å²) >= 11 is 0. The first kappa shape index (κ1) is 25.4. The van der Waals surface area contributed by atoms with E-state index in [4.69, 9.17) is 0 Å². The van der Waals surface area contributed by atoms with E-state index in [1.807, 2.05) is 0 Å². The van der Waals surface area contributed by atoms with Crippen molar-refractivity contribution < 1.29 is 0 Å². The van der Waals surface area contributed by atoms with Gasteiger partial charge < -0.3 is 0 Å². The van der Waals surface area contributed by atoms with Crippen LogP contribution in [0, 0.1) is 0 Å². The van der Waals surface area contributed by atoms with Gasteiger partial charge >= 0.3 is 0 Å². The fourth-order valence-corrected chi connectivity index (χ4v) is 7.63. The van der Waals surface area contributed by atoms with Crippen LogP contribution < -0.4 is 0 Å². The summed E-state index contributed by atoms with van der Waals surface area (Å²) in [6.07, 6.45) is 0. The molecule has 212 valence electrons. The van der Waals surface area contributed by atoms with Crippen LogP contribution in [0.25, 0.3) is 97.7 Å². The minimum absolute atomic E-state index is 1.24. The van der Waals surface area contributed by atoms with Gasteiger partial charge in [0.05, 0.1) is 0 Å². The van der Waals surface area contributed by atoms with E-state index in [9.17, 15) is 0 Å². The standard InChI is InChI=1S/C46H28/c1-3-7-41-29(5-1)9-13-32-16-22-40-27-38(23-24-43(40)45(32)41)36-19-18-35-26-37(21-20-34(35)25-36)39-17-12-31-11-15-33-14-10-30-6-2-4-8-42(30)46(33)44(31)28-39/h1-28H. The average molecular weight is 581 g/mol. The molecule has 0 aliphatic rings. The third kappa shape index (κ3) is 3.87. The molecular weight excluding hydrogens is 553 g/mol. The van der Waals surface area contributed by atoms with Crippen molar-refractivity contribution in [3.8, 4) is 22.3 Å². The molecule has 0 fully saturated rings. The van der Waals surface area contributed by atoms with Crippen molar-refractivity contribution in [2.45, 2.75) is 0 Å². The topological polar surface area (TPSA) is 0 Å². The second kappa shape index (κ2) is 9.76. The van der Waals surface area contributed by atoms with Crippen molar-refractivity contribution in [1.29, 1.82) is 0 Å².